The lowest BCUT2D eigenvalue weighted by molar-refractivity contribution is -0.111. The Morgan fingerprint density at radius 1 is 1.37 bits per heavy atom. The summed E-state index contributed by atoms with van der Waals surface area (Å²) >= 11 is 6.63. The van der Waals surface area contributed by atoms with Crippen molar-refractivity contribution in [2.45, 2.75) is 24.9 Å². The lowest BCUT2D eigenvalue weighted by Crippen LogP contribution is -2.60. The van der Waals surface area contributed by atoms with Gasteiger partial charge in [-0.15, -0.1) is 0 Å². The predicted molar refractivity (Wildman–Crippen MR) is 79.1 cm³/mol. The molecular weight excluding hydrogens is 376 g/mol. The number of piperidine rings is 3. The van der Waals surface area contributed by atoms with E-state index in [2.05, 4.69) is 41.7 Å². The Labute approximate surface area is 129 Å². The van der Waals surface area contributed by atoms with Gasteiger partial charge in [0.05, 0.1) is 15.8 Å². The molecule has 1 aromatic heterocycles. The fraction of sp³-hybridized carbons (Fsp3) is 0.615. The molecule has 0 aliphatic carbocycles. The second kappa shape index (κ2) is 4.98. The molecule has 1 atom stereocenters. The van der Waals surface area contributed by atoms with E-state index in [1.54, 1.807) is 6.07 Å². The number of hydrogen-bond acceptors (Lipinski definition) is 4. The number of halogens is 2. The summed E-state index contributed by atoms with van der Waals surface area (Å²) in [6.07, 6.45) is 2.47. The first-order chi connectivity index (χ1) is 8.98. The van der Waals surface area contributed by atoms with Gasteiger partial charge in [0.1, 0.15) is 4.60 Å². The molecular formula is C13H16Br2N2O2. The van der Waals surface area contributed by atoms with Crippen LogP contribution in [-0.2, 0) is 6.42 Å². The van der Waals surface area contributed by atoms with Gasteiger partial charge in [-0.2, -0.15) is 0 Å². The molecule has 0 amide bonds. The molecule has 4 heterocycles. The van der Waals surface area contributed by atoms with Gasteiger partial charge < -0.3 is 15.1 Å². The second-order valence-corrected chi connectivity index (χ2v) is 7.22. The third-order valence-corrected chi connectivity index (χ3v) is 5.32. The molecule has 3 aliphatic heterocycles. The number of fused-ring (bicyclic) bond motifs is 3. The standard InChI is InChI=1S/C13H16Br2N2O2/c14-9-5-11(15)16-10(12(9)18)6-13(19)7-17-3-1-8(13)2-4-17/h5,8,18-19H,1-4,6-7H2. The van der Waals surface area contributed by atoms with E-state index in [0.717, 1.165) is 25.9 Å². The number of aliphatic hydroxyl groups is 1. The molecule has 4 rings (SSSR count). The smallest absolute Gasteiger partial charge is 0.151 e. The third-order valence-electron chi connectivity index (χ3n) is 4.31. The van der Waals surface area contributed by atoms with Crippen LogP contribution in [0.2, 0.25) is 0 Å². The van der Waals surface area contributed by atoms with Crippen molar-refractivity contribution >= 4 is 31.9 Å². The SMILES string of the molecule is Oc1c(Br)cc(Br)nc1CC1(O)CN2CCC1CC2. The van der Waals surface area contributed by atoms with Crippen LogP contribution in [0.25, 0.3) is 0 Å². The van der Waals surface area contributed by atoms with Crippen molar-refractivity contribution in [2.24, 2.45) is 5.92 Å². The van der Waals surface area contributed by atoms with Gasteiger partial charge in [0.2, 0.25) is 0 Å². The van der Waals surface area contributed by atoms with E-state index in [-0.39, 0.29) is 5.75 Å². The Bertz CT molecular complexity index is 504. The van der Waals surface area contributed by atoms with Gasteiger partial charge >= 0.3 is 0 Å². The van der Waals surface area contributed by atoms with Crippen LogP contribution in [0.15, 0.2) is 15.1 Å². The topological polar surface area (TPSA) is 56.6 Å². The molecule has 3 aliphatic rings. The van der Waals surface area contributed by atoms with Crippen molar-refractivity contribution < 1.29 is 10.2 Å². The van der Waals surface area contributed by atoms with Gasteiger partial charge in [0.15, 0.2) is 5.75 Å². The molecule has 104 valence electrons. The minimum absolute atomic E-state index is 0.132. The third kappa shape index (κ3) is 2.55. The highest BCUT2D eigenvalue weighted by Crippen LogP contribution is 2.40. The molecule has 0 radical (unpaired) electrons. The van der Waals surface area contributed by atoms with E-state index in [1.165, 1.54) is 0 Å². The van der Waals surface area contributed by atoms with Crippen molar-refractivity contribution in [1.29, 1.82) is 0 Å². The lowest BCUT2D eigenvalue weighted by Gasteiger charge is -2.50. The number of rotatable bonds is 2. The number of aromatic nitrogens is 1. The molecule has 6 heteroatoms. The summed E-state index contributed by atoms with van der Waals surface area (Å²) in [4.78, 5) is 6.61. The Morgan fingerprint density at radius 2 is 2.05 bits per heavy atom. The van der Waals surface area contributed by atoms with E-state index in [1.807, 2.05) is 0 Å². The van der Waals surface area contributed by atoms with Crippen molar-refractivity contribution in [3.63, 3.8) is 0 Å². The maximum absolute atomic E-state index is 10.9. The maximum Gasteiger partial charge on any atom is 0.151 e. The van der Waals surface area contributed by atoms with E-state index < -0.39 is 5.60 Å². The largest absolute Gasteiger partial charge is 0.505 e. The highest BCUT2D eigenvalue weighted by molar-refractivity contribution is 9.11. The summed E-state index contributed by atoms with van der Waals surface area (Å²) in [5.41, 5.74) is -0.209. The van der Waals surface area contributed by atoms with E-state index >= 15 is 0 Å². The fourth-order valence-corrected chi connectivity index (χ4v) is 4.48. The van der Waals surface area contributed by atoms with E-state index in [0.29, 0.717) is 33.7 Å². The van der Waals surface area contributed by atoms with E-state index in [9.17, 15) is 10.2 Å². The van der Waals surface area contributed by atoms with Gasteiger partial charge in [0, 0.05) is 13.0 Å². The van der Waals surface area contributed by atoms with Crippen molar-refractivity contribution in [3.05, 3.63) is 20.8 Å². The minimum atomic E-state index is -0.763. The van der Waals surface area contributed by atoms with Crippen LogP contribution < -0.4 is 0 Å². The quantitative estimate of drug-likeness (QED) is 0.759. The zero-order valence-electron chi connectivity index (χ0n) is 10.4. The summed E-state index contributed by atoms with van der Waals surface area (Å²) in [5, 5.41) is 21.0. The summed E-state index contributed by atoms with van der Waals surface area (Å²) in [6.45, 7) is 2.84. The molecule has 0 aromatic carbocycles. The monoisotopic (exact) mass is 390 g/mol. The van der Waals surface area contributed by atoms with E-state index in [4.69, 9.17) is 0 Å². The van der Waals surface area contributed by atoms with Gasteiger partial charge in [0.25, 0.3) is 0 Å². The summed E-state index contributed by atoms with van der Waals surface area (Å²) in [5.74, 6) is 0.449. The van der Waals surface area contributed by atoms with Crippen LogP contribution in [0.4, 0.5) is 0 Å². The average Bonchev–Trinajstić information content (AvgIpc) is 2.36. The van der Waals surface area contributed by atoms with Crippen molar-refractivity contribution in [2.75, 3.05) is 19.6 Å². The number of pyridine rings is 1. The highest BCUT2D eigenvalue weighted by Gasteiger charge is 2.45. The van der Waals surface area contributed by atoms with Crippen LogP contribution in [0.3, 0.4) is 0 Å². The molecule has 2 N–H and O–H groups in total. The molecule has 19 heavy (non-hydrogen) atoms. The molecule has 3 fully saturated rings. The van der Waals surface area contributed by atoms with Gasteiger partial charge in [-0.3, -0.25) is 0 Å². The second-order valence-electron chi connectivity index (χ2n) is 5.55. The van der Waals surface area contributed by atoms with Gasteiger partial charge in [-0.05, 0) is 69.8 Å². The Kier molecular flexibility index (Phi) is 3.62. The summed E-state index contributed by atoms with van der Waals surface area (Å²) in [6, 6.07) is 1.71. The molecule has 1 aromatic rings. The number of aromatic hydroxyl groups is 1. The minimum Gasteiger partial charge on any atom is -0.505 e. The summed E-state index contributed by atoms with van der Waals surface area (Å²) in [7, 11) is 0. The molecule has 4 nitrogen and oxygen atoms in total. The summed E-state index contributed by atoms with van der Waals surface area (Å²) < 4.78 is 1.27. The van der Waals surface area contributed by atoms with Gasteiger partial charge in [-0.1, -0.05) is 0 Å². The molecule has 1 unspecified atom stereocenters. The molecule has 2 bridgehead atoms. The number of nitrogens with zero attached hydrogens (tertiary/aromatic N) is 2. The fourth-order valence-electron chi connectivity index (χ4n) is 3.28. The van der Waals surface area contributed by atoms with Crippen LogP contribution >= 0.6 is 31.9 Å². The first kappa shape index (κ1) is 13.8. The van der Waals surface area contributed by atoms with Crippen LogP contribution in [0, 0.1) is 5.92 Å². The lowest BCUT2D eigenvalue weighted by atomic mass is 9.73. The van der Waals surface area contributed by atoms with Gasteiger partial charge in [-0.25, -0.2) is 4.98 Å². The molecule has 0 spiro atoms. The van der Waals surface area contributed by atoms with Crippen molar-refractivity contribution in [3.8, 4) is 5.75 Å². The van der Waals surface area contributed by atoms with Crippen LogP contribution in [-0.4, -0.2) is 45.3 Å². The van der Waals surface area contributed by atoms with Crippen LogP contribution in [0.5, 0.6) is 5.75 Å². The van der Waals surface area contributed by atoms with Crippen LogP contribution in [0.1, 0.15) is 18.5 Å². The normalized spacial score (nSPS) is 33.6. The first-order valence-corrected chi connectivity index (χ1v) is 8.05. The zero-order chi connectivity index (χ0) is 13.6. The zero-order valence-corrected chi connectivity index (χ0v) is 13.6. The Balaban J connectivity index is 1.89. The average molecular weight is 392 g/mol. The first-order valence-electron chi connectivity index (χ1n) is 6.46. The predicted octanol–water partition coefficient (Wildman–Crippen LogP) is 2.31. The van der Waals surface area contributed by atoms with Crippen molar-refractivity contribution in [1.82, 2.24) is 9.88 Å². The number of hydrogen-bond donors (Lipinski definition) is 2. The Morgan fingerprint density at radius 3 is 2.63 bits per heavy atom. The highest BCUT2D eigenvalue weighted by atomic mass is 79.9. The molecule has 0 saturated carbocycles. The molecule has 3 saturated heterocycles. The maximum atomic E-state index is 10.9. The Hall–Kier alpha value is -0.170.